The van der Waals surface area contributed by atoms with Gasteiger partial charge in [0.25, 0.3) is 0 Å². The Bertz CT molecular complexity index is 1120. The molecule has 0 saturated heterocycles. The zero-order chi connectivity index (χ0) is 35.7. The molecular weight excluding hydrogens is 658 g/mol. The van der Waals surface area contributed by atoms with Crippen molar-refractivity contribution in [2.24, 2.45) is 5.41 Å². The number of unbranched alkanes of at least 4 members (excludes halogenated alkanes) is 12. The zero-order valence-corrected chi connectivity index (χ0v) is 30.7. The highest BCUT2D eigenvalue weighted by atomic mass is 31.3. The van der Waals surface area contributed by atoms with E-state index in [0.717, 1.165) is 49.7 Å². The Morgan fingerprint density at radius 2 is 0.875 bits per heavy atom. The molecule has 13 heteroatoms. The molecule has 0 saturated carbocycles. The fraction of sp³-hybridized carbons (Fsp3) is 0.657. The van der Waals surface area contributed by atoms with E-state index in [1.807, 2.05) is 24.3 Å². The van der Waals surface area contributed by atoms with Crippen molar-refractivity contribution in [2.75, 3.05) is 26.4 Å². The van der Waals surface area contributed by atoms with Gasteiger partial charge in [0.2, 0.25) is 0 Å². The second-order valence-corrected chi connectivity index (χ2v) is 15.2. The van der Waals surface area contributed by atoms with Crippen LogP contribution in [0.25, 0.3) is 0 Å². The first-order valence-corrected chi connectivity index (χ1v) is 20.3. The molecule has 276 valence electrons. The number of phosphoric ester groups is 1. The summed E-state index contributed by atoms with van der Waals surface area (Å²) in [5.41, 5.74) is 0.473. The summed E-state index contributed by atoms with van der Waals surface area (Å²) in [5.74, 6) is 0.481. The molecular formula is C35H60O11P2. The average Bonchev–Trinajstić information content (AvgIpc) is 3.06. The third kappa shape index (κ3) is 18.8. The number of aliphatic hydroxyl groups is 4. The number of hydrogen-bond donors (Lipinski definition) is 6. The molecule has 0 amide bonds. The van der Waals surface area contributed by atoms with Gasteiger partial charge in [-0.25, -0.2) is 9.13 Å². The zero-order valence-electron chi connectivity index (χ0n) is 28.9. The molecule has 0 heterocycles. The Balaban J connectivity index is 0.00000112. The molecule has 0 spiro atoms. The van der Waals surface area contributed by atoms with Gasteiger partial charge in [0.1, 0.15) is 11.5 Å². The van der Waals surface area contributed by atoms with Gasteiger partial charge in [-0.2, -0.15) is 4.31 Å². The van der Waals surface area contributed by atoms with Crippen molar-refractivity contribution in [1.29, 1.82) is 0 Å². The lowest BCUT2D eigenvalue weighted by molar-refractivity contribution is -0.0328. The van der Waals surface area contributed by atoms with Crippen molar-refractivity contribution < 1.29 is 52.7 Å². The van der Waals surface area contributed by atoms with Crippen LogP contribution >= 0.6 is 15.6 Å². The Morgan fingerprint density at radius 3 is 1.19 bits per heavy atom. The lowest BCUT2D eigenvalue weighted by atomic mass is 9.93. The summed E-state index contributed by atoms with van der Waals surface area (Å²) in [6.07, 6.45) is 17.5. The summed E-state index contributed by atoms with van der Waals surface area (Å²) in [7, 11) is -9.90. The first kappa shape index (κ1) is 44.2. The summed E-state index contributed by atoms with van der Waals surface area (Å²) >= 11 is 0. The van der Waals surface area contributed by atoms with Crippen molar-refractivity contribution in [3.8, 4) is 11.5 Å². The number of phosphoric acid groups is 2. The highest BCUT2D eigenvalue weighted by molar-refractivity contribution is 7.61. The molecule has 2 rings (SSSR count). The fourth-order valence-electron chi connectivity index (χ4n) is 4.87. The van der Waals surface area contributed by atoms with Gasteiger partial charge in [-0.05, 0) is 48.9 Å². The van der Waals surface area contributed by atoms with E-state index < -0.39 is 47.5 Å². The van der Waals surface area contributed by atoms with Crippen molar-refractivity contribution in [2.45, 2.75) is 117 Å². The summed E-state index contributed by atoms with van der Waals surface area (Å²) in [5, 5.41) is 34.0. The largest absolute Gasteiger partial charge is 0.596 e. The van der Waals surface area contributed by atoms with Crippen molar-refractivity contribution in [3.05, 3.63) is 59.7 Å². The van der Waals surface area contributed by atoms with Crippen molar-refractivity contribution in [3.63, 3.8) is 0 Å². The van der Waals surface area contributed by atoms with E-state index in [4.69, 9.17) is 29.5 Å². The Kier molecular flexibility index (Phi) is 23.2. The van der Waals surface area contributed by atoms with E-state index in [-0.39, 0.29) is 11.5 Å². The van der Waals surface area contributed by atoms with E-state index in [1.165, 1.54) is 51.4 Å². The van der Waals surface area contributed by atoms with Crippen LogP contribution in [0.4, 0.5) is 0 Å². The third-order valence-electron chi connectivity index (χ3n) is 8.01. The topological polar surface area (TPSA) is 183 Å². The predicted molar refractivity (Wildman–Crippen MR) is 189 cm³/mol. The van der Waals surface area contributed by atoms with E-state index in [0.29, 0.717) is 12.8 Å². The predicted octanol–water partition coefficient (Wildman–Crippen LogP) is 7.89. The van der Waals surface area contributed by atoms with Crippen LogP contribution in [0, 0.1) is 5.41 Å². The van der Waals surface area contributed by atoms with Crippen LogP contribution in [0.2, 0.25) is 0 Å². The van der Waals surface area contributed by atoms with Crippen LogP contribution in [0.3, 0.4) is 0 Å². The van der Waals surface area contributed by atoms with Gasteiger partial charge in [-0.3, -0.25) is 0 Å². The minimum Gasteiger partial charge on any atom is -0.396 e. The summed E-state index contributed by atoms with van der Waals surface area (Å²) in [6.45, 7) is 2.77. The maximum Gasteiger partial charge on any atom is 0.596 e. The molecule has 48 heavy (non-hydrogen) atoms. The van der Waals surface area contributed by atoms with E-state index in [2.05, 4.69) is 18.2 Å². The van der Waals surface area contributed by atoms with Gasteiger partial charge in [-0.1, -0.05) is 127 Å². The van der Waals surface area contributed by atoms with E-state index in [1.54, 1.807) is 24.3 Å². The fourth-order valence-corrected chi connectivity index (χ4v) is 7.05. The number of para-hydroxylation sites is 2. The third-order valence-corrected chi connectivity index (χ3v) is 10.5. The molecule has 0 radical (unpaired) electrons. The van der Waals surface area contributed by atoms with Crippen LogP contribution in [0.15, 0.2) is 48.5 Å². The standard InChI is InChI=1S/C30H48O7P2.C5H12O4/c1-3-5-7-9-11-13-15-21-27-23-17-19-25-29(27)35-39(34,37-38(31,32)33)36-30-26-20-18-24-28(30)22-16-14-12-10-8-6-4-2;6-1-5(2-7,3-8)4-9/h17-20,23-26H,3-16,21-22H2,1-2H3,(H2,31,32,33);6-9H,1-4H2. The molecule has 2 aromatic rings. The first-order chi connectivity index (χ1) is 23.0. The van der Waals surface area contributed by atoms with Gasteiger partial charge in [-0.15, -0.1) is 0 Å². The smallest absolute Gasteiger partial charge is 0.396 e. The number of aryl methyl sites for hydroxylation is 2. The monoisotopic (exact) mass is 718 g/mol. The van der Waals surface area contributed by atoms with Crippen molar-refractivity contribution in [1.82, 2.24) is 0 Å². The number of hydrogen-bond acceptors (Lipinski definition) is 9. The SMILES string of the molecule is CCCCCCCCCc1ccccc1OP(=O)(Oc1ccccc1CCCCCCCCC)OP(=O)(O)O.OCC(CO)(CO)CO. The lowest BCUT2D eigenvalue weighted by Gasteiger charge is -2.23. The molecule has 0 bridgehead atoms. The Hall–Kier alpha value is -1.78. The summed E-state index contributed by atoms with van der Waals surface area (Å²) in [4.78, 5) is 19.1. The lowest BCUT2D eigenvalue weighted by Crippen LogP contribution is -2.37. The Morgan fingerprint density at radius 1 is 0.542 bits per heavy atom. The van der Waals surface area contributed by atoms with Gasteiger partial charge >= 0.3 is 15.6 Å². The second-order valence-electron chi connectivity index (χ2n) is 12.3. The molecule has 0 aliphatic heterocycles. The maximum atomic E-state index is 13.7. The average molecular weight is 719 g/mol. The normalized spacial score (nSPS) is 12.0. The van der Waals surface area contributed by atoms with Gasteiger partial charge < -0.3 is 39.3 Å². The van der Waals surface area contributed by atoms with Crippen molar-refractivity contribution >= 4 is 15.6 Å². The Labute approximate surface area is 287 Å². The molecule has 2 aromatic carbocycles. The summed E-state index contributed by atoms with van der Waals surface area (Å²) in [6, 6.07) is 14.1. The van der Waals surface area contributed by atoms with Crippen LogP contribution in [-0.4, -0.2) is 56.6 Å². The highest BCUT2D eigenvalue weighted by Crippen LogP contribution is 2.61. The minimum atomic E-state index is -5.18. The molecule has 0 aromatic heterocycles. The molecule has 11 nitrogen and oxygen atoms in total. The van der Waals surface area contributed by atoms with Gasteiger partial charge in [0.15, 0.2) is 0 Å². The highest BCUT2D eigenvalue weighted by Gasteiger charge is 2.40. The van der Waals surface area contributed by atoms with Crippen LogP contribution < -0.4 is 9.05 Å². The van der Waals surface area contributed by atoms with Crippen LogP contribution in [-0.2, 0) is 26.3 Å². The number of benzene rings is 2. The van der Waals surface area contributed by atoms with Gasteiger partial charge in [0.05, 0.1) is 31.8 Å². The molecule has 0 atom stereocenters. The quantitative estimate of drug-likeness (QED) is 0.0411. The second kappa shape index (κ2) is 25.2. The molecule has 0 fully saturated rings. The van der Waals surface area contributed by atoms with Gasteiger partial charge in [0, 0.05) is 0 Å². The van der Waals surface area contributed by atoms with E-state index >= 15 is 0 Å². The molecule has 0 aliphatic rings. The summed E-state index contributed by atoms with van der Waals surface area (Å²) < 4.78 is 41.5. The number of rotatable bonds is 26. The minimum absolute atomic E-state index is 0.241. The maximum absolute atomic E-state index is 13.7. The van der Waals surface area contributed by atoms with Crippen LogP contribution in [0.5, 0.6) is 11.5 Å². The first-order valence-electron chi connectivity index (χ1n) is 17.4. The molecule has 0 aliphatic carbocycles. The molecule has 0 unspecified atom stereocenters. The molecule has 6 N–H and O–H groups in total. The number of aliphatic hydroxyl groups excluding tert-OH is 4. The van der Waals surface area contributed by atoms with E-state index in [9.17, 15) is 18.9 Å². The van der Waals surface area contributed by atoms with Crippen LogP contribution in [0.1, 0.15) is 115 Å².